The van der Waals surface area contributed by atoms with Gasteiger partial charge in [-0.05, 0) is 56.0 Å². The Labute approximate surface area is 121 Å². The van der Waals surface area contributed by atoms with E-state index in [9.17, 15) is 0 Å². The van der Waals surface area contributed by atoms with Crippen molar-refractivity contribution in [2.24, 2.45) is 0 Å². The van der Waals surface area contributed by atoms with Gasteiger partial charge in [0.25, 0.3) is 0 Å². The van der Waals surface area contributed by atoms with Crippen LogP contribution in [0.5, 0.6) is 11.5 Å². The molecule has 106 valence electrons. The number of aliphatic hydroxyl groups is 1. The van der Waals surface area contributed by atoms with Crippen molar-refractivity contribution in [2.75, 3.05) is 6.61 Å². The van der Waals surface area contributed by atoms with Crippen LogP contribution in [0.15, 0.2) is 48.5 Å². The minimum Gasteiger partial charge on any atom is -0.457 e. The predicted octanol–water partition coefficient (Wildman–Crippen LogP) is 4.49. The van der Waals surface area contributed by atoms with Gasteiger partial charge in [-0.25, -0.2) is 0 Å². The van der Waals surface area contributed by atoms with Gasteiger partial charge in [-0.2, -0.15) is 0 Å². The summed E-state index contributed by atoms with van der Waals surface area (Å²) in [7, 11) is 0. The van der Waals surface area contributed by atoms with Crippen LogP contribution in [0.3, 0.4) is 0 Å². The van der Waals surface area contributed by atoms with Crippen LogP contribution < -0.4 is 4.74 Å². The van der Waals surface area contributed by atoms with E-state index in [0.29, 0.717) is 6.61 Å². The van der Waals surface area contributed by atoms with E-state index in [1.807, 2.05) is 36.4 Å². The molecule has 1 N–H and O–H groups in total. The monoisotopic (exact) mass is 270 g/mol. The quantitative estimate of drug-likeness (QED) is 0.751. The minimum atomic E-state index is 0.295. The van der Waals surface area contributed by atoms with E-state index in [4.69, 9.17) is 9.84 Å². The minimum absolute atomic E-state index is 0.295. The second kappa shape index (κ2) is 7.71. The lowest BCUT2D eigenvalue weighted by molar-refractivity contribution is 0.283. The van der Waals surface area contributed by atoms with Gasteiger partial charge < -0.3 is 9.84 Å². The van der Waals surface area contributed by atoms with Gasteiger partial charge in [-0.15, -0.1) is 0 Å². The summed E-state index contributed by atoms with van der Waals surface area (Å²) in [6, 6.07) is 16.3. The summed E-state index contributed by atoms with van der Waals surface area (Å²) >= 11 is 0. The molecule has 0 aromatic heterocycles. The molecule has 0 atom stereocenters. The highest BCUT2D eigenvalue weighted by molar-refractivity contribution is 5.34. The fourth-order valence-electron chi connectivity index (χ4n) is 2.08. The van der Waals surface area contributed by atoms with Crippen molar-refractivity contribution in [1.29, 1.82) is 0 Å². The maximum absolute atomic E-state index is 8.74. The van der Waals surface area contributed by atoms with E-state index in [1.165, 1.54) is 11.1 Å². The topological polar surface area (TPSA) is 29.5 Å². The van der Waals surface area contributed by atoms with Crippen molar-refractivity contribution in [2.45, 2.75) is 32.6 Å². The van der Waals surface area contributed by atoms with E-state index in [0.717, 1.165) is 37.2 Å². The molecular weight excluding hydrogens is 248 g/mol. The van der Waals surface area contributed by atoms with Crippen LogP contribution in [0, 0.1) is 6.92 Å². The number of hydrogen-bond donors (Lipinski definition) is 1. The fraction of sp³-hybridized carbons (Fsp3) is 0.333. The molecule has 2 aromatic rings. The Hall–Kier alpha value is -1.80. The summed E-state index contributed by atoms with van der Waals surface area (Å²) in [6.45, 7) is 2.36. The third-order valence-electron chi connectivity index (χ3n) is 3.30. The summed E-state index contributed by atoms with van der Waals surface area (Å²) < 4.78 is 5.80. The van der Waals surface area contributed by atoms with Crippen LogP contribution >= 0.6 is 0 Å². The van der Waals surface area contributed by atoms with Gasteiger partial charge in [0.2, 0.25) is 0 Å². The molecular formula is C18H22O2. The molecule has 20 heavy (non-hydrogen) atoms. The Morgan fingerprint density at radius 2 is 1.40 bits per heavy atom. The molecule has 0 spiro atoms. The van der Waals surface area contributed by atoms with Crippen LogP contribution in [-0.2, 0) is 6.42 Å². The fourth-order valence-corrected chi connectivity index (χ4v) is 2.08. The SMILES string of the molecule is Cc1ccc(Oc2ccc(CCCCCO)cc2)cc1. The molecule has 2 heteroatoms. The number of unbranched alkanes of at least 4 members (excludes halogenated alkanes) is 2. The molecule has 2 nitrogen and oxygen atoms in total. The van der Waals surface area contributed by atoms with Crippen LogP contribution in [0.25, 0.3) is 0 Å². The second-order valence-electron chi connectivity index (χ2n) is 5.09. The number of aliphatic hydroxyl groups excluding tert-OH is 1. The van der Waals surface area contributed by atoms with Gasteiger partial charge in [0.15, 0.2) is 0 Å². The molecule has 0 heterocycles. The smallest absolute Gasteiger partial charge is 0.127 e. The van der Waals surface area contributed by atoms with Crippen molar-refractivity contribution in [3.63, 3.8) is 0 Å². The average molecular weight is 270 g/mol. The van der Waals surface area contributed by atoms with Gasteiger partial charge in [-0.3, -0.25) is 0 Å². The molecule has 2 aromatic carbocycles. The third-order valence-corrected chi connectivity index (χ3v) is 3.30. The molecule has 0 amide bonds. The van der Waals surface area contributed by atoms with Gasteiger partial charge in [0.1, 0.15) is 11.5 Å². The first kappa shape index (κ1) is 14.6. The van der Waals surface area contributed by atoms with Crippen molar-refractivity contribution in [3.8, 4) is 11.5 Å². The summed E-state index contributed by atoms with van der Waals surface area (Å²) in [6.07, 6.45) is 4.16. The highest BCUT2D eigenvalue weighted by Crippen LogP contribution is 2.22. The molecule has 0 unspecified atom stereocenters. The lowest BCUT2D eigenvalue weighted by atomic mass is 10.1. The lowest BCUT2D eigenvalue weighted by Gasteiger charge is -2.07. The summed E-state index contributed by atoms with van der Waals surface area (Å²) in [4.78, 5) is 0. The van der Waals surface area contributed by atoms with Crippen LogP contribution in [0.2, 0.25) is 0 Å². The standard InChI is InChI=1S/C18H22O2/c1-15-6-10-17(11-7-15)20-18-12-8-16(9-13-18)5-3-2-4-14-19/h6-13,19H,2-5,14H2,1H3. The van der Waals surface area contributed by atoms with Crippen molar-refractivity contribution in [3.05, 3.63) is 59.7 Å². The maximum atomic E-state index is 8.74. The predicted molar refractivity (Wildman–Crippen MR) is 82.3 cm³/mol. The van der Waals surface area contributed by atoms with E-state index in [-0.39, 0.29) is 0 Å². The van der Waals surface area contributed by atoms with Gasteiger partial charge in [0, 0.05) is 6.61 Å². The normalized spacial score (nSPS) is 10.5. The van der Waals surface area contributed by atoms with E-state index < -0.39 is 0 Å². The summed E-state index contributed by atoms with van der Waals surface area (Å²) in [5.41, 5.74) is 2.55. The molecule has 0 aliphatic rings. The molecule has 0 bridgehead atoms. The highest BCUT2D eigenvalue weighted by atomic mass is 16.5. The first-order valence-corrected chi connectivity index (χ1v) is 7.22. The van der Waals surface area contributed by atoms with Gasteiger partial charge in [-0.1, -0.05) is 36.2 Å². The molecule has 0 saturated carbocycles. The van der Waals surface area contributed by atoms with E-state index in [1.54, 1.807) is 0 Å². The number of hydrogen-bond acceptors (Lipinski definition) is 2. The highest BCUT2D eigenvalue weighted by Gasteiger charge is 1.98. The lowest BCUT2D eigenvalue weighted by Crippen LogP contribution is -1.89. The maximum Gasteiger partial charge on any atom is 0.127 e. The number of benzene rings is 2. The van der Waals surface area contributed by atoms with Crippen molar-refractivity contribution >= 4 is 0 Å². The van der Waals surface area contributed by atoms with Crippen LogP contribution in [0.1, 0.15) is 30.4 Å². The van der Waals surface area contributed by atoms with Gasteiger partial charge in [0.05, 0.1) is 0 Å². The zero-order valence-corrected chi connectivity index (χ0v) is 12.0. The first-order valence-electron chi connectivity index (χ1n) is 7.22. The molecule has 0 radical (unpaired) electrons. The number of aryl methyl sites for hydroxylation is 2. The van der Waals surface area contributed by atoms with Gasteiger partial charge >= 0.3 is 0 Å². The zero-order chi connectivity index (χ0) is 14.2. The van der Waals surface area contributed by atoms with E-state index in [2.05, 4.69) is 19.1 Å². The Morgan fingerprint density at radius 1 is 0.800 bits per heavy atom. The molecule has 2 rings (SSSR count). The van der Waals surface area contributed by atoms with Crippen LogP contribution in [0.4, 0.5) is 0 Å². The molecule has 0 saturated heterocycles. The Morgan fingerprint density at radius 3 is 2.00 bits per heavy atom. The Kier molecular flexibility index (Phi) is 5.63. The largest absolute Gasteiger partial charge is 0.457 e. The summed E-state index contributed by atoms with van der Waals surface area (Å²) in [5.74, 6) is 1.74. The molecule has 0 aliphatic carbocycles. The molecule has 0 aliphatic heterocycles. The Bertz CT molecular complexity index is 500. The Balaban J connectivity index is 1.86. The molecule has 0 fully saturated rings. The zero-order valence-electron chi connectivity index (χ0n) is 12.0. The number of rotatable bonds is 7. The second-order valence-corrected chi connectivity index (χ2v) is 5.09. The van der Waals surface area contributed by atoms with Crippen molar-refractivity contribution < 1.29 is 9.84 Å². The third kappa shape index (κ3) is 4.71. The van der Waals surface area contributed by atoms with Crippen molar-refractivity contribution in [1.82, 2.24) is 0 Å². The van der Waals surface area contributed by atoms with E-state index >= 15 is 0 Å². The number of ether oxygens (including phenoxy) is 1. The van der Waals surface area contributed by atoms with Crippen LogP contribution in [-0.4, -0.2) is 11.7 Å². The summed E-state index contributed by atoms with van der Waals surface area (Å²) in [5, 5.41) is 8.74. The first-order chi connectivity index (χ1) is 9.78. The average Bonchev–Trinajstić information content (AvgIpc) is 2.48.